The lowest BCUT2D eigenvalue weighted by Gasteiger charge is -2.44. The first-order valence-electron chi connectivity index (χ1n) is 7.59. The van der Waals surface area contributed by atoms with E-state index in [-0.39, 0.29) is 0 Å². The van der Waals surface area contributed by atoms with E-state index < -0.39 is 0 Å². The molecule has 17 heavy (non-hydrogen) atoms. The van der Waals surface area contributed by atoms with E-state index >= 15 is 0 Å². The van der Waals surface area contributed by atoms with Crippen LogP contribution in [0, 0.1) is 11.3 Å². The Hall–Kier alpha value is -0.0800. The molecule has 2 rings (SSSR count). The highest BCUT2D eigenvalue weighted by Crippen LogP contribution is 2.44. The summed E-state index contributed by atoms with van der Waals surface area (Å²) in [5.41, 5.74) is 0.709. The molecule has 0 bridgehead atoms. The van der Waals surface area contributed by atoms with Crippen molar-refractivity contribution in [2.45, 2.75) is 58.9 Å². The van der Waals surface area contributed by atoms with E-state index in [1.54, 1.807) is 0 Å². The second-order valence-electron chi connectivity index (χ2n) is 6.66. The van der Waals surface area contributed by atoms with Gasteiger partial charge in [-0.1, -0.05) is 27.2 Å². The average molecular weight is 238 g/mol. The fraction of sp³-hybridized carbons (Fsp3) is 1.00. The van der Waals surface area contributed by atoms with Crippen molar-refractivity contribution >= 4 is 0 Å². The van der Waals surface area contributed by atoms with Gasteiger partial charge in [0, 0.05) is 19.1 Å². The molecule has 100 valence electrons. The van der Waals surface area contributed by atoms with Gasteiger partial charge in [-0.05, 0) is 50.1 Å². The Kier molecular flexibility index (Phi) is 4.48. The predicted molar refractivity (Wildman–Crippen MR) is 74.3 cm³/mol. The van der Waals surface area contributed by atoms with Crippen LogP contribution in [0.1, 0.15) is 52.9 Å². The second kappa shape index (κ2) is 5.71. The van der Waals surface area contributed by atoms with Gasteiger partial charge in [0.05, 0.1) is 0 Å². The van der Waals surface area contributed by atoms with E-state index in [1.165, 1.54) is 58.3 Å². The Balaban J connectivity index is 1.70. The lowest BCUT2D eigenvalue weighted by Crippen LogP contribution is -2.41. The minimum absolute atomic E-state index is 0.637. The molecule has 0 radical (unpaired) electrons. The van der Waals surface area contributed by atoms with E-state index in [2.05, 4.69) is 31.0 Å². The molecule has 0 aromatic carbocycles. The third-order valence-corrected chi connectivity index (χ3v) is 4.91. The quantitative estimate of drug-likeness (QED) is 0.765. The van der Waals surface area contributed by atoms with Gasteiger partial charge < -0.3 is 10.2 Å². The first-order chi connectivity index (χ1) is 8.13. The van der Waals surface area contributed by atoms with Crippen LogP contribution in [-0.4, -0.2) is 37.1 Å². The number of nitrogens with one attached hydrogen (secondary N) is 1. The van der Waals surface area contributed by atoms with Crippen LogP contribution in [0.15, 0.2) is 0 Å². The average Bonchev–Trinajstić information content (AvgIpc) is 2.68. The summed E-state index contributed by atoms with van der Waals surface area (Å²) < 4.78 is 0. The lowest BCUT2D eigenvalue weighted by molar-refractivity contribution is 0.0715. The van der Waals surface area contributed by atoms with Crippen molar-refractivity contribution in [3.63, 3.8) is 0 Å². The highest BCUT2D eigenvalue weighted by atomic mass is 15.2. The molecule has 0 aromatic heterocycles. The maximum atomic E-state index is 3.59. The van der Waals surface area contributed by atoms with Crippen molar-refractivity contribution in [1.29, 1.82) is 0 Å². The van der Waals surface area contributed by atoms with E-state index in [9.17, 15) is 0 Å². The lowest BCUT2D eigenvalue weighted by atomic mass is 9.67. The van der Waals surface area contributed by atoms with E-state index in [4.69, 9.17) is 0 Å². The molecule has 0 aromatic rings. The zero-order chi connectivity index (χ0) is 12.3. The SMILES string of the molecule is CCC1(CN2CCC(CNC(C)C)C2)CCC1. The van der Waals surface area contributed by atoms with Gasteiger partial charge in [0.25, 0.3) is 0 Å². The summed E-state index contributed by atoms with van der Waals surface area (Å²) >= 11 is 0. The maximum absolute atomic E-state index is 3.59. The minimum atomic E-state index is 0.637. The molecule has 2 nitrogen and oxygen atoms in total. The first-order valence-corrected chi connectivity index (χ1v) is 7.59. The van der Waals surface area contributed by atoms with E-state index in [0.717, 1.165) is 5.92 Å². The van der Waals surface area contributed by atoms with Crippen molar-refractivity contribution < 1.29 is 0 Å². The molecule has 0 spiro atoms. The molecule has 1 aliphatic carbocycles. The van der Waals surface area contributed by atoms with Crippen LogP contribution in [0.4, 0.5) is 0 Å². The Morgan fingerprint density at radius 3 is 2.65 bits per heavy atom. The fourth-order valence-electron chi connectivity index (χ4n) is 3.40. The van der Waals surface area contributed by atoms with E-state index in [1.807, 2.05) is 0 Å². The van der Waals surface area contributed by atoms with Crippen LogP contribution < -0.4 is 5.32 Å². The van der Waals surface area contributed by atoms with Crippen LogP contribution in [0.5, 0.6) is 0 Å². The van der Waals surface area contributed by atoms with Gasteiger partial charge in [-0.3, -0.25) is 0 Å². The van der Waals surface area contributed by atoms with Crippen LogP contribution >= 0.6 is 0 Å². The smallest absolute Gasteiger partial charge is 0.00380 e. The molecule has 2 fully saturated rings. The molecule has 2 heteroatoms. The maximum Gasteiger partial charge on any atom is 0.00380 e. The molecule has 1 aliphatic heterocycles. The molecule has 1 unspecified atom stereocenters. The minimum Gasteiger partial charge on any atom is -0.314 e. The van der Waals surface area contributed by atoms with Crippen LogP contribution in [0.2, 0.25) is 0 Å². The third kappa shape index (κ3) is 3.45. The predicted octanol–water partition coefficient (Wildman–Crippen LogP) is 2.89. The van der Waals surface area contributed by atoms with E-state index in [0.29, 0.717) is 11.5 Å². The Bertz CT molecular complexity index is 228. The molecule has 2 aliphatic rings. The monoisotopic (exact) mass is 238 g/mol. The van der Waals surface area contributed by atoms with Crippen molar-refractivity contribution in [1.82, 2.24) is 10.2 Å². The standard InChI is InChI=1S/C15H30N2/c1-4-15(7-5-8-15)12-17-9-6-14(11-17)10-16-13(2)3/h13-14,16H,4-12H2,1-3H3. The zero-order valence-corrected chi connectivity index (χ0v) is 12.0. The van der Waals surface area contributed by atoms with Gasteiger partial charge in [-0.2, -0.15) is 0 Å². The fourth-order valence-corrected chi connectivity index (χ4v) is 3.40. The van der Waals surface area contributed by atoms with Gasteiger partial charge in [-0.15, -0.1) is 0 Å². The normalized spacial score (nSPS) is 28.6. The van der Waals surface area contributed by atoms with Gasteiger partial charge in [0.15, 0.2) is 0 Å². The number of hydrogen-bond donors (Lipinski definition) is 1. The van der Waals surface area contributed by atoms with Gasteiger partial charge in [-0.25, -0.2) is 0 Å². The Morgan fingerprint density at radius 1 is 1.35 bits per heavy atom. The molecule has 1 N–H and O–H groups in total. The molecule has 1 heterocycles. The topological polar surface area (TPSA) is 15.3 Å². The largest absolute Gasteiger partial charge is 0.314 e. The molecular weight excluding hydrogens is 208 g/mol. The van der Waals surface area contributed by atoms with Crippen molar-refractivity contribution in [3.05, 3.63) is 0 Å². The van der Waals surface area contributed by atoms with Crippen molar-refractivity contribution in [2.24, 2.45) is 11.3 Å². The van der Waals surface area contributed by atoms with Crippen LogP contribution in [0.25, 0.3) is 0 Å². The van der Waals surface area contributed by atoms with Crippen molar-refractivity contribution in [3.8, 4) is 0 Å². The van der Waals surface area contributed by atoms with Gasteiger partial charge in [0.2, 0.25) is 0 Å². The van der Waals surface area contributed by atoms with Gasteiger partial charge >= 0.3 is 0 Å². The third-order valence-electron chi connectivity index (χ3n) is 4.91. The highest BCUT2D eigenvalue weighted by molar-refractivity contribution is 4.91. The molecule has 1 saturated carbocycles. The summed E-state index contributed by atoms with van der Waals surface area (Å²) in [5.74, 6) is 0.895. The van der Waals surface area contributed by atoms with Crippen LogP contribution in [-0.2, 0) is 0 Å². The van der Waals surface area contributed by atoms with Crippen LogP contribution in [0.3, 0.4) is 0 Å². The number of likely N-dealkylation sites (tertiary alicyclic amines) is 1. The molecule has 1 saturated heterocycles. The van der Waals surface area contributed by atoms with Crippen molar-refractivity contribution in [2.75, 3.05) is 26.2 Å². The summed E-state index contributed by atoms with van der Waals surface area (Å²) in [4.78, 5) is 2.73. The number of rotatable bonds is 6. The summed E-state index contributed by atoms with van der Waals surface area (Å²) in [7, 11) is 0. The first kappa shape index (κ1) is 13.4. The summed E-state index contributed by atoms with van der Waals surface area (Å²) in [5, 5.41) is 3.59. The molecule has 0 amide bonds. The summed E-state index contributed by atoms with van der Waals surface area (Å²) in [6.45, 7) is 12.1. The Labute approximate surface area is 107 Å². The van der Waals surface area contributed by atoms with Gasteiger partial charge in [0.1, 0.15) is 0 Å². The zero-order valence-electron chi connectivity index (χ0n) is 12.0. The molecule has 1 atom stereocenters. The Morgan fingerprint density at radius 2 is 2.12 bits per heavy atom. The summed E-state index contributed by atoms with van der Waals surface area (Å²) in [6.07, 6.45) is 7.22. The highest BCUT2D eigenvalue weighted by Gasteiger charge is 2.38. The second-order valence-corrected chi connectivity index (χ2v) is 6.66. The molecular formula is C15H30N2. The number of hydrogen-bond acceptors (Lipinski definition) is 2. The summed E-state index contributed by atoms with van der Waals surface area (Å²) in [6, 6.07) is 0.637. The number of nitrogens with zero attached hydrogens (tertiary/aromatic N) is 1.